The SMILES string of the molecule is Cc1nc2cc(-c3ccccc3)n(-c3ccccc3)n2c(=O)c1Br. The Morgan fingerprint density at radius 2 is 1.58 bits per heavy atom. The Hall–Kier alpha value is -2.66. The summed E-state index contributed by atoms with van der Waals surface area (Å²) in [4.78, 5) is 17.4. The molecule has 5 heteroatoms. The zero-order chi connectivity index (χ0) is 16.7. The Balaban J connectivity index is 2.17. The summed E-state index contributed by atoms with van der Waals surface area (Å²) >= 11 is 3.36. The molecule has 0 aliphatic heterocycles. The molecule has 0 spiro atoms. The Bertz CT molecular complexity index is 1080. The van der Waals surface area contributed by atoms with Crippen molar-refractivity contribution in [3.8, 4) is 16.9 Å². The molecule has 4 nitrogen and oxygen atoms in total. The van der Waals surface area contributed by atoms with E-state index in [1.807, 2.05) is 78.3 Å². The lowest BCUT2D eigenvalue weighted by molar-refractivity contribution is 0.762. The van der Waals surface area contributed by atoms with Gasteiger partial charge < -0.3 is 0 Å². The molecule has 0 bridgehead atoms. The maximum absolute atomic E-state index is 12.8. The second-order valence-electron chi connectivity index (χ2n) is 5.53. The molecule has 0 saturated heterocycles. The minimum atomic E-state index is -0.122. The lowest BCUT2D eigenvalue weighted by Gasteiger charge is -2.11. The molecule has 2 aromatic heterocycles. The summed E-state index contributed by atoms with van der Waals surface area (Å²) in [5.41, 5.74) is 4.05. The normalized spacial score (nSPS) is 11.1. The van der Waals surface area contributed by atoms with E-state index in [2.05, 4.69) is 20.9 Å². The van der Waals surface area contributed by atoms with Gasteiger partial charge in [-0.05, 0) is 35.0 Å². The van der Waals surface area contributed by atoms with Gasteiger partial charge in [-0.3, -0.25) is 4.79 Å². The summed E-state index contributed by atoms with van der Waals surface area (Å²) in [6.07, 6.45) is 0. The summed E-state index contributed by atoms with van der Waals surface area (Å²) in [6.45, 7) is 1.83. The number of hydrogen-bond donors (Lipinski definition) is 0. The van der Waals surface area contributed by atoms with E-state index in [-0.39, 0.29) is 5.56 Å². The van der Waals surface area contributed by atoms with Gasteiger partial charge in [0.15, 0.2) is 5.65 Å². The van der Waals surface area contributed by atoms with E-state index in [4.69, 9.17) is 0 Å². The molecule has 2 heterocycles. The minimum absolute atomic E-state index is 0.122. The van der Waals surface area contributed by atoms with Crippen LogP contribution in [0.5, 0.6) is 0 Å². The molecule has 2 aromatic carbocycles. The van der Waals surface area contributed by atoms with Crippen molar-refractivity contribution >= 4 is 21.6 Å². The summed E-state index contributed by atoms with van der Waals surface area (Å²) in [7, 11) is 0. The maximum atomic E-state index is 12.8. The van der Waals surface area contributed by atoms with Gasteiger partial charge in [-0.1, -0.05) is 48.5 Å². The number of hydrogen-bond acceptors (Lipinski definition) is 2. The molecular weight excluding hydrogens is 366 g/mol. The van der Waals surface area contributed by atoms with Gasteiger partial charge >= 0.3 is 0 Å². The minimum Gasteiger partial charge on any atom is -0.266 e. The van der Waals surface area contributed by atoms with Gasteiger partial charge in [-0.15, -0.1) is 0 Å². The number of fused-ring (bicyclic) bond motifs is 1. The molecule has 0 fully saturated rings. The molecule has 0 unspecified atom stereocenters. The Labute approximate surface area is 147 Å². The molecule has 0 saturated carbocycles. The highest BCUT2D eigenvalue weighted by Crippen LogP contribution is 2.26. The Morgan fingerprint density at radius 3 is 2.25 bits per heavy atom. The van der Waals surface area contributed by atoms with Crippen LogP contribution in [0, 0.1) is 6.92 Å². The van der Waals surface area contributed by atoms with Gasteiger partial charge in [0, 0.05) is 11.6 Å². The Kier molecular flexibility index (Phi) is 3.58. The third-order valence-corrected chi connectivity index (χ3v) is 4.87. The molecule has 0 amide bonds. The van der Waals surface area contributed by atoms with Crippen molar-refractivity contribution in [2.45, 2.75) is 6.92 Å². The number of aromatic nitrogens is 3. The average Bonchev–Trinajstić information content (AvgIpc) is 3.00. The van der Waals surface area contributed by atoms with E-state index in [0.29, 0.717) is 15.8 Å². The number of para-hydroxylation sites is 1. The van der Waals surface area contributed by atoms with Crippen LogP contribution in [0.2, 0.25) is 0 Å². The van der Waals surface area contributed by atoms with E-state index in [1.54, 1.807) is 4.52 Å². The van der Waals surface area contributed by atoms with Gasteiger partial charge in [-0.25, -0.2) is 9.67 Å². The van der Waals surface area contributed by atoms with Gasteiger partial charge in [0.25, 0.3) is 5.56 Å². The average molecular weight is 380 g/mol. The van der Waals surface area contributed by atoms with Crippen LogP contribution in [-0.2, 0) is 0 Å². The van der Waals surface area contributed by atoms with Gasteiger partial charge in [-0.2, -0.15) is 4.52 Å². The van der Waals surface area contributed by atoms with E-state index in [1.165, 1.54) is 0 Å². The Morgan fingerprint density at radius 1 is 0.958 bits per heavy atom. The first-order valence-electron chi connectivity index (χ1n) is 7.58. The lowest BCUT2D eigenvalue weighted by atomic mass is 10.1. The first-order chi connectivity index (χ1) is 11.7. The van der Waals surface area contributed by atoms with Crippen molar-refractivity contribution in [2.24, 2.45) is 0 Å². The highest BCUT2D eigenvalue weighted by atomic mass is 79.9. The third kappa shape index (κ3) is 2.29. The topological polar surface area (TPSA) is 39.3 Å². The fourth-order valence-corrected chi connectivity index (χ4v) is 3.09. The molecule has 0 aliphatic carbocycles. The molecule has 4 rings (SSSR count). The van der Waals surface area contributed by atoms with E-state index < -0.39 is 0 Å². The fraction of sp³-hybridized carbons (Fsp3) is 0.0526. The van der Waals surface area contributed by atoms with Crippen molar-refractivity contribution in [3.05, 3.63) is 87.3 Å². The lowest BCUT2D eigenvalue weighted by Crippen LogP contribution is -2.22. The number of rotatable bonds is 2. The van der Waals surface area contributed by atoms with Gasteiger partial charge in [0.1, 0.15) is 4.47 Å². The van der Waals surface area contributed by atoms with Crippen LogP contribution in [0.4, 0.5) is 0 Å². The molecule has 118 valence electrons. The van der Waals surface area contributed by atoms with Crippen molar-refractivity contribution < 1.29 is 0 Å². The highest BCUT2D eigenvalue weighted by Gasteiger charge is 2.17. The largest absolute Gasteiger partial charge is 0.287 e. The summed E-state index contributed by atoms with van der Waals surface area (Å²) < 4.78 is 3.99. The fourth-order valence-electron chi connectivity index (χ4n) is 2.84. The van der Waals surface area contributed by atoms with Gasteiger partial charge in [0.05, 0.1) is 17.1 Å². The van der Waals surface area contributed by atoms with Crippen LogP contribution in [0.15, 0.2) is 76.0 Å². The van der Waals surface area contributed by atoms with E-state index in [0.717, 1.165) is 16.9 Å². The third-order valence-electron chi connectivity index (χ3n) is 3.96. The van der Waals surface area contributed by atoms with Crippen molar-refractivity contribution in [3.63, 3.8) is 0 Å². The first-order valence-corrected chi connectivity index (χ1v) is 8.38. The predicted molar refractivity (Wildman–Crippen MR) is 98.7 cm³/mol. The smallest absolute Gasteiger partial charge is 0.266 e. The quantitative estimate of drug-likeness (QED) is 0.522. The van der Waals surface area contributed by atoms with Crippen molar-refractivity contribution in [1.29, 1.82) is 0 Å². The summed E-state index contributed by atoms with van der Waals surface area (Å²) in [5, 5.41) is 0. The molecular formula is C19H14BrN3O. The molecule has 0 aliphatic rings. The summed E-state index contributed by atoms with van der Waals surface area (Å²) in [6, 6.07) is 21.8. The molecule has 0 atom stereocenters. The molecule has 0 N–H and O–H groups in total. The number of aryl methyl sites for hydroxylation is 1. The zero-order valence-electron chi connectivity index (χ0n) is 13.0. The number of nitrogens with zero attached hydrogens (tertiary/aromatic N) is 3. The van der Waals surface area contributed by atoms with Crippen LogP contribution in [0.25, 0.3) is 22.6 Å². The summed E-state index contributed by atoms with van der Waals surface area (Å²) in [5.74, 6) is 0. The standard InChI is InChI=1S/C19H14BrN3O/c1-13-18(20)19(24)23-17(21-13)12-16(14-8-4-2-5-9-14)22(23)15-10-6-3-7-11-15/h2-12H,1H3. The van der Waals surface area contributed by atoms with Crippen LogP contribution in [0.1, 0.15) is 5.69 Å². The second-order valence-corrected chi connectivity index (χ2v) is 6.32. The maximum Gasteiger partial charge on any atom is 0.287 e. The number of halogens is 1. The molecule has 0 radical (unpaired) electrons. The monoisotopic (exact) mass is 379 g/mol. The molecule has 24 heavy (non-hydrogen) atoms. The van der Waals surface area contributed by atoms with Gasteiger partial charge in [0.2, 0.25) is 0 Å². The predicted octanol–water partition coefficient (Wildman–Crippen LogP) is 4.22. The zero-order valence-corrected chi connectivity index (χ0v) is 14.6. The van der Waals surface area contributed by atoms with Crippen molar-refractivity contribution in [2.75, 3.05) is 0 Å². The van der Waals surface area contributed by atoms with Crippen molar-refractivity contribution in [1.82, 2.24) is 14.2 Å². The highest BCUT2D eigenvalue weighted by molar-refractivity contribution is 9.10. The van der Waals surface area contributed by atoms with E-state index in [9.17, 15) is 4.79 Å². The van der Waals surface area contributed by atoms with Crippen LogP contribution in [-0.4, -0.2) is 14.2 Å². The van der Waals surface area contributed by atoms with Crippen LogP contribution in [0.3, 0.4) is 0 Å². The van der Waals surface area contributed by atoms with E-state index >= 15 is 0 Å². The first kappa shape index (κ1) is 14.9. The van der Waals surface area contributed by atoms with Crippen LogP contribution < -0.4 is 5.56 Å². The second kappa shape index (κ2) is 5.76. The number of benzene rings is 2. The molecule has 4 aromatic rings. The van der Waals surface area contributed by atoms with Crippen LogP contribution >= 0.6 is 15.9 Å².